The molecular formula is C15H25NO3. The molecule has 0 bridgehead atoms. The Morgan fingerprint density at radius 3 is 2.58 bits per heavy atom. The summed E-state index contributed by atoms with van der Waals surface area (Å²) in [6.07, 6.45) is 1.24. The third-order valence-corrected chi connectivity index (χ3v) is 2.93. The van der Waals surface area contributed by atoms with E-state index >= 15 is 0 Å². The number of rotatable bonds is 8. The fraction of sp³-hybridized carbons (Fsp3) is 0.600. The molecular weight excluding hydrogens is 242 g/mol. The van der Waals surface area contributed by atoms with Crippen molar-refractivity contribution in [3.05, 3.63) is 23.8 Å². The summed E-state index contributed by atoms with van der Waals surface area (Å²) < 4.78 is 10.5. The molecule has 0 spiro atoms. The van der Waals surface area contributed by atoms with Crippen molar-refractivity contribution in [2.45, 2.75) is 39.3 Å². The van der Waals surface area contributed by atoms with E-state index in [1.54, 1.807) is 13.2 Å². The molecule has 0 aliphatic carbocycles. The third-order valence-electron chi connectivity index (χ3n) is 2.93. The lowest BCUT2D eigenvalue weighted by Gasteiger charge is -2.16. The Morgan fingerprint density at radius 2 is 2.00 bits per heavy atom. The predicted molar refractivity (Wildman–Crippen MR) is 76.8 cm³/mol. The maximum Gasteiger partial charge on any atom is 0.124 e. The van der Waals surface area contributed by atoms with Crippen molar-refractivity contribution in [1.82, 2.24) is 5.32 Å². The Balaban J connectivity index is 2.39. The van der Waals surface area contributed by atoms with E-state index in [-0.39, 0.29) is 17.9 Å². The Morgan fingerprint density at radius 1 is 1.26 bits per heavy atom. The SMILES string of the molecule is COc1ccc(C(C)NCCCOC(C)C)c(O)c1. The molecule has 0 heterocycles. The quantitative estimate of drug-likeness (QED) is 0.711. The molecule has 2 N–H and O–H groups in total. The number of phenolic OH excluding ortho intramolecular Hbond substituents is 1. The molecule has 0 amide bonds. The Labute approximate surface area is 115 Å². The van der Waals surface area contributed by atoms with Gasteiger partial charge in [-0.2, -0.15) is 0 Å². The first-order valence-electron chi connectivity index (χ1n) is 6.76. The number of methoxy groups -OCH3 is 1. The number of ether oxygens (including phenoxy) is 2. The van der Waals surface area contributed by atoms with Gasteiger partial charge in [-0.15, -0.1) is 0 Å². The minimum Gasteiger partial charge on any atom is -0.507 e. The molecule has 0 aromatic heterocycles. The van der Waals surface area contributed by atoms with Crippen LogP contribution in [-0.2, 0) is 4.74 Å². The van der Waals surface area contributed by atoms with Gasteiger partial charge in [0.2, 0.25) is 0 Å². The van der Waals surface area contributed by atoms with E-state index in [4.69, 9.17) is 9.47 Å². The lowest BCUT2D eigenvalue weighted by Crippen LogP contribution is -2.21. The molecule has 0 aliphatic rings. The first-order valence-corrected chi connectivity index (χ1v) is 6.76. The Kier molecular flexibility index (Phi) is 6.67. The lowest BCUT2D eigenvalue weighted by atomic mass is 10.1. The molecule has 1 aromatic carbocycles. The number of aromatic hydroxyl groups is 1. The van der Waals surface area contributed by atoms with Gasteiger partial charge in [0.15, 0.2) is 0 Å². The number of phenols is 1. The lowest BCUT2D eigenvalue weighted by molar-refractivity contribution is 0.0768. The fourth-order valence-corrected chi connectivity index (χ4v) is 1.84. The molecule has 4 heteroatoms. The number of hydrogen-bond acceptors (Lipinski definition) is 4. The summed E-state index contributed by atoms with van der Waals surface area (Å²) in [6, 6.07) is 5.48. The van der Waals surface area contributed by atoms with Crippen LogP contribution in [0.5, 0.6) is 11.5 Å². The maximum atomic E-state index is 9.92. The number of hydrogen-bond donors (Lipinski definition) is 2. The molecule has 1 unspecified atom stereocenters. The van der Waals surface area contributed by atoms with Gasteiger partial charge in [0.1, 0.15) is 11.5 Å². The highest BCUT2D eigenvalue weighted by Crippen LogP contribution is 2.28. The molecule has 0 radical (unpaired) electrons. The summed E-state index contributed by atoms with van der Waals surface area (Å²) in [4.78, 5) is 0. The van der Waals surface area contributed by atoms with Gasteiger partial charge in [0.05, 0.1) is 13.2 Å². The van der Waals surface area contributed by atoms with Crippen LogP contribution >= 0.6 is 0 Å². The Hall–Kier alpha value is -1.26. The molecule has 4 nitrogen and oxygen atoms in total. The van der Waals surface area contributed by atoms with Crippen molar-refractivity contribution in [2.24, 2.45) is 0 Å². The summed E-state index contributed by atoms with van der Waals surface area (Å²) in [5.74, 6) is 0.927. The van der Waals surface area contributed by atoms with Gasteiger partial charge < -0.3 is 19.9 Å². The summed E-state index contributed by atoms with van der Waals surface area (Å²) in [7, 11) is 1.59. The van der Waals surface area contributed by atoms with Crippen LogP contribution in [0.25, 0.3) is 0 Å². The molecule has 0 saturated heterocycles. The zero-order chi connectivity index (χ0) is 14.3. The number of nitrogens with one attached hydrogen (secondary N) is 1. The van der Waals surface area contributed by atoms with E-state index in [1.807, 2.05) is 32.9 Å². The highest BCUT2D eigenvalue weighted by molar-refractivity contribution is 5.41. The second-order valence-corrected chi connectivity index (χ2v) is 4.87. The van der Waals surface area contributed by atoms with Crippen LogP contribution in [0.1, 0.15) is 38.8 Å². The molecule has 1 atom stereocenters. The van der Waals surface area contributed by atoms with Crippen molar-refractivity contribution in [1.29, 1.82) is 0 Å². The molecule has 0 aliphatic heterocycles. The molecule has 1 aromatic rings. The van der Waals surface area contributed by atoms with E-state index in [2.05, 4.69) is 5.32 Å². The van der Waals surface area contributed by atoms with Crippen molar-refractivity contribution in [2.75, 3.05) is 20.3 Å². The second-order valence-electron chi connectivity index (χ2n) is 4.87. The smallest absolute Gasteiger partial charge is 0.124 e. The molecule has 1 rings (SSSR count). The first kappa shape index (κ1) is 15.8. The van der Waals surface area contributed by atoms with Crippen molar-refractivity contribution < 1.29 is 14.6 Å². The maximum absolute atomic E-state index is 9.92. The largest absolute Gasteiger partial charge is 0.507 e. The number of benzene rings is 1. The predicted octanol–water partition coefficient (Wildman–Crippen LogP) is 2.87. The van der Waals surface area contributed by atoms with Crippen LogP contribution in [-0.4, -0.2) is 31.5 Å². The van der Waals surface area contributed by atoms with Gasteiger partial charge in [-0.25, -0.2) is 0 Å². The highest BCUT2D eigenvalue weighted by Gasteiger charge is 2.10. The normalized spacial score (nSPS) is 12.7. The minimum atomic E-state index is 0.102. The Bertz CT molecular complexity index is 380. The van der Waals surface area contributed by atoms with Gasteiger partial charge in [-0.3, -0.25) is 0 Å². The summed E-state index contributed by atoms with van der Waals surface area (Å²) in [6.45, 7) is 7.72. The average molecular weight is 267 g/mol. The zero-order valence-electron chi connectivity index (χ0n) is 12.3. The second kappa shape index (κ2) is 8.02. The van der Waals surface area contributed by atoms with Crippen LogP contribution in [0, 0.1) is 0 Å². The molecule has 0 fully saturated rings. The van der Waals surface area contributed by atoms with E-state index in [9.17, 15) is 5.11 Å². The van der Waals surface area contributed by atoms with Gasteiger partial charge in [-0.1, -0.05) is 6.07 Å². The van der Waals surface area contributed by atoms with Crippen LogP contribution in [0.3, 0.4) is 0 Å². The zero-order valence-corrected chi connectivity index (χ0v) is 12.3. The fourth-order valence-electron chi connectivity index (χ4n) is 1.84. The van der Waals surface area contributed by atoms with Crippen LogP contribution in [0.15, 0.2) is 18.2 Å². The first-order chi connectivity index (χ1) is 9.04. The van der Waals surface area contributed by atoms with Gasteiger partial charge in [0, 0.05) is 24.3 Å². The highest BCUT2D eigenvalue weighted by atomic mass is 16.5. The molecule has 0 saturated carbocycles. The van der Waals surface area contributed by atoms with E-state index in [0.717, 1.165) is 25.1 Å². The topological polar surface area (TPSA) is 50.7 Å². The average Bonchev–Trinajstić information content (AvgIpc) is 2.37. The summed E-state index contributed by atoms with van der Waals surface area (Å²) >= 11 is 0. The molecule has 108 valence electrons. The van der Waals surface area contributed by atoms with Crippen LogP contribution in [0.4, 0.5) is 0 Å². The van der Waals surface area contributed by atoms with E-state index in [0.29, 0.717) is 5.75 Å². The molecule has 19 heavy (non-hydrogen) atoms. The van der Waals surface area contributed by atoms with Gasteiger partial charge >= 0.3 is 0 Å². The van der Waals surface area contributed by atoms with E-state index < -0.39 is 0 Å². The van der Waals surface area contributed by atoms with Crippen molar-refractivity contribution in [3.8, 4) is 11.5 Å². The summed E-state index contributed by atoms with van der Waals surface area (Å²) in [5, 5.41) is 13.3. The van der Waals surface area contributed by atoms with Crippen LogP contribution < -0.4 is 10.1 Å². The third kappa shape index (κ3) is 5.49. The van der Waals surface area contributed by atoms with Gasteiger partial charge in [-0.05, 0) is 39.8 Å². The van der Waals surface area contributed by atoms with Crippen LogP contribution in [0.2, 0.25) is 0 Å². The van der Waals surface area contributed by atoms with Crippen molar-refractivity contribution in [3.63, 3.8) is 0 Å². The minimum absolute atomic E-state index is 0.102. The standard InChI is InChI=1S/C15H25NO3/c1-11(2)19-9-5-8-16-12(3)14-7-6-13(18-4)10-15(14)17/h6-7,10-12,16-17H,5,8-9H2,1-4H3. The van der Waals surface area contributed by atoms with E-state index in [1.165, 1.54) is 0 Å². The van der Waals surface area contributed by atoms with Gasteiger partial charge in [0.25, 0.3) is 0 Å². The summed E-state index contributed by atoms with van der Waals surface area (Å²) in [5.41, 5.74) is 0.880. The van der Waals surface area contributed by atoms with Crippen molar-refractivity contribution >= 4 is 0 Å². The monoisotopic (exact) mass is 267 g/mol.